The number of piperazine rings is 1. The van der Waals surface area contributed by atoms with Crippen molar-refractivity contribution < 1.29 is 9.32 Å². The zero-order valence-corrected chi connectivity index (χ0v) is 14.3. The van der Waals surface area contributed by atoms with E-state index in [1.807, 2.05) is 60.4 Å². The molecule has 0 N–H and O–H groups in total. The molecule has 1 aliphatic heterocycles. The first-order valence-corrected chi connectivity index (χ1v) is 8.62. The first-order chi connectivity index (χ1) is 12.2. The molecule has 0 spiro atoms. The molecule has 2 aromatic carbocycles. The van der Waals surface area contributed by atoms with E-state index in [9.17, 15) is 4.79 Å². The van der Waals surface area contributed by atoms with Crippen LogP contribution < -0.4 is 0 Å². The zero-order valence-electron chi connectivity index (χ0n) is 14.3. The fraction of sp³-hybridized carbons (Fsp3) is 0.300. The average Bonchev–Trinajstić information content (AvgIpc) is 3.06. The van der Waals surface area contributed by atoms with Gasteiger partial charge in [0, 0.05) is 37.8 Å². The van der Waals surface area contributed by atoms with Crippen LogP contribution in [-0.2, 0) is 6.54 Å². The molecule has 1 amide bonds. The van der Waals surface area contributed by atoms with Gasteiger partial charge in [0.1, 0.15) is 0 Å². The summed E-state index contributed by atoms with van der Waals surface area (Å²) < 4.78 is 5.29. The zero-order chi connectivity index (χ0) is 17.2. The Hall–Kier alpha value is -2.66. The van der Waals surface area contributed by atoms with Crippen molar-refractivity contribution in [3.8, 4) is 0 Å². The Balaban J connectivity index is 1.44. The molecule has 0 aliphatic carbocycles. The number of carbonyl (C=O) groups is 1. The van der Waals surface area contributed by atoms with Crippen LogP contribution in [0.2, 0.25) is 0 Å². The van der Waals surface area contributed by atoms with Crippen molar-refractivity contribution in [2.24, 2.45) is 0 Å². The van der Waals surface area contributed by atoms with Gasteiger partial charge in [0.05, 0.1) is 12.2 Å². The lowest BCUT2D eigenvalue weighted by Crippen LogP contribution is -2.48. The number of fused-ring (bicyclic) bond motifs is 1. The van der Waals surface area contributed by atoms with Gasteiger partial charge >= 0.3 is 0 Å². The number of hydrogen-bond donors (Lipinski definition) is 0. The highest BCUT2D eigenvalue weighted by atomic mass is 16.5. The molecule has 3 aromatic rings. The third kappa shape index (κ3) is 3.28. The van der Waals surface area contributed by atoms with Crippen LogP contribution in [0.4, 0.5) is 0 Å². The number of rotatable bonds is 3. The predicted octanol–water partition coefficient (Wildman–Crippen LogP) is 3.09. The molecule has 2 heterocycles. The molecule has 0 atom stereocenters. The third-order valence-electron chi connectivity index (χ3n) is 4.74. The van der Waals surface area contributed by atoms with E-state index in [1.165, 1.54) is 0 Å². The maximum atomic E-state index is 13.0. The quantitative estimate of drug-likeness (QED) is 0.738. The molecular weight excluding hydrogens is 314 g/mol. The molecule has 0 unspecified atom stereocenters. The number of hydrogen-bond acceptors (Lipinski definition) is 4. The van der Waals surface area contributed by atoms with Crippen molar-refractivity contribution in [3.63, 3.8) is 0 Å². The van der Waals surface area contributed by atoms with Crippen LogP contribution in [0.5, 0.6) is 0 Å². The molecule has 0 radical (unpaired) electrons. The van der Waals surface area contributed by atoms with Crippen LogP contribution in [0.3, 0.4) is 0 Å². The SMILES string of the molecule is Cc1cc(CN2CCN(C(=O)c3cccc4ccccc34)CC2)on1. The molecule has 0 bridgehead atoms. The molecule has 4 rings (SSSR count). The van der Waals surface area contributed by atoms with Crippen molar-refractivity contribution in [2.75, 3.05) is 26.2 Å². The predicted molar refractivity (Wildman–Crippen MR) is 96.4 cm³/mol. The van der Waals surface area contributed by atoms with Crippen LogP contribution in [0.25, 0.3) is 10.8 Å². The molecule has 1 fully saturated rings. The van der Waals surface area contributed by atoms with Gasteiger partial charge in [-0.2, -0.15) is 0 Å². The van der Waals surface area contributed by atoms with E-state index >= 15 is 0 Å². The van der Waals surface area contributed by atoms with Crippen molar-refractivity contribution in [3.05, 3.63) is 65.5 Å². The number of carbonyl (C=O) groups excluding carboxylic acids is 1. The Morgan fingerprint density at radius 1 is 1.08 bits per heavy atom. The first-order valence-electron chi connectivity index (χ1n) is 8.62. The fourth-order valence-corrected chi connectivity index (χ4v) is 3.40. The van der Waals surface area contributed by atoms with E-state index in [2.05, 4.69) is 10.1 Å². The highest BCUT2D eigenvalue weighted by Crippen LogP contribution is 2.21. The highest BCUT2D eigenvalue weighted by molar-refractivity contribution is 6.07. The van der Waals surface area contributed by atoms with Crippen LogP contribution in [-0.4, -0.2) is 47.0 Å². The maximum absolute atomic E-state index is 13.0. The van der Waals surface area contributed by atoms with Gasteiger partial charge in [-0.05, 0) is 23.8 Å². The molecule has 1 aromatic heterocycles. The van der Waals surface area contributed by atoms with Crippen molar-refractivity contribution in [2.45, 2.75) is 13.5 Å². The van der Waals surface area contributed by atoms with E-state index in [4.69, 9.17) is 4.52 Å². The van der Waals surface area contributed by atoms with E-state index in [0.717, 1.165) is 60.5 Å². The summed E-state index contributed by atoms with van der Waals surface area (Å²) in [5.74, 6) is 0.998. The second-order valence-electron chi connectivity index (χ2n) is 6.53. The summed E-state index contributed by atoms with van der Waals surface area (Å²) in [6, 6.07) is 15.9. The second kappa shape index (κ2) is 6.69. The van der Waals surface area contributed by atoms with Gasteiger partial charge in [-0.15, -0.1) is 0 Å². The van der Waals surface area contributed by atoms with Crippen molar-refractivity contribution in [1.29, 1.82) is 0 Å². The molecule has 25 heavy (non-hydrogen) atoms. The highest BCUT2D eigenvalue weighted by Gasteiger charge is 2.23. The molecular formula is C20H21N3O2. The van der Waals surface area contributed by atoms with Gasteiger partial charge in [-0.1, -0.05) is 41.6 Å². The lowest BCUT2D eigenvalue weighted by Gasteiger charge is -2.34. The van der Waals surface area contributed by atoms with Gasteiger partial charge in [0.2, 0.25) is 0 Å². The van der Waals surface area contributed by atoms with Crippen LogP contribution in [0.1, 0.15) is 21.8 Å². The second-order valence-corrected chi connectivity index (χ2v) is 6.53. The van der Waals surface area contributed by atoms with Gasteiger partial charge in [-0.25, -0.2) is 0 Å². The minimum absolute atomic E-state index is 0.118. The summed E-state index contributed by atoms with van der Waals surface area (Å²) in [4.78, 5) is 17.2. The van der Waals surface area contributed by atoms with Crippen molar-refractivity contribution in [1.82, 2.24) is 15.0 Å². The Morgan fingerprint density at radius 3 is 2.60 bits per heavy atom. The number of benzene rings is 2. The summed E-state index contributed by atoms with van der Waals surface area (Å²) in [5.41, 5.74) is 1.69. The normalized spacial score (nSPS) is 15.6. The molecule has 0 saturated carbocycles. The lowest BCUT2D eigenvalue weighted by molar-refractivity contribution is 0.0619. The summed E-state index contributed by atoms with van der Waals surface area (Å²) in [6.07, 6.45) is 0. The molecule has 1 aliphatic rings. The summed E-state index contributed by atoms with van der Waals surface area (Å²) in [5, 5.41) is 6.05. The fourth-order valence-electron chi connectivity index (χ4n) is 3.40. The average molecular weight is 335 g/mol. The van der Waals surface area contributed by atoms with Gasteiger partial charge in [-0.3, -0.25) is 9.69 Å². The van der Waals surface area contributed by atoms with Crippen LogP contribution in [0, 0.1) is 6.92 Å². The first kappa shape index (κ1) is 15.8. The van der Waals surface area contributed by atoms with Gasteiger partial charge in [0.25, 0.3) is 5.91 Å². The minimum Gasteiger partial charge on any atom is -0.360 e. The van der Waals surface area contributed by atoms with Gasteiger partial charge < -0.3 is 9.42 Å². The van der Waals surface area contributed by atoms with E-state index in [-0.39, 0.29) is 5.91 Å². The molecule has 5 nitrogen and oxygen atoms in total. The monoisotopic (exact) mass is 335 g/mol. The van der Waals surface area contributed by atoms with E-state index in [0.29, 0.717) is 0 Å². The van der Waals surface area contributed by atoms with E-state index in [1.54, 1.807) is 0 Å². The number of aromatic nitrogens is 1. The van der Waals surface area contributed by atoms with Crippen molar-refractivity contribution >= 4 is 16.7 Å². The summed E-state index contributed by atoms with van der Waals surface area (Å²) >= 11 is 0. The lowest BCUT2D eigenvalue weighted by atomic mass is 10.0. The smallest absolute Gasteiger partial charge is 0.254 e. The van der Waals surface area contributed by atoms with E-state index < -0.39 is 0 Å². The van der Waals surface area contributed by atoms with Crippen LogP contribution >= 0.6 is 0 Å². The molecule has 5 heteroatoms. The maximum Gasteiger partial charge on any atom is 0.254 e. The minimum atomic E-state index is 0.118. The summed E-state index contributed by atoms with van der Waals surface area (Å²) in [7, 11) is 0. The summed E-state index contributed by atoms with van der Waals surface area (Å²) in [6.45, 7) is 5.82. The molecule has 1 saturated heterocycles. The number of aryl methyl sites for hydroxylation is 1. The standard InChI is InChI=1S/C20H21N3O2/c1-15-13-17(25-21-15)14-22-9-11-23(12-10-22)20(24)19-8-4-6-16-5-2-3-7-18(16)19/h2-8,13H,9-12,14H2,1H3. The van der Waals surface area contributed by atoms with Crippen LogP contribution in [0.15, 0.2) is 53.1 Å². The molecule has 128 valence electrons. The number of amides is 1. The Morgan fingerprint density at radius 2 is 1.84 bits per heavy atom. The Bertz CT molecular complexity index is 889. The van der Waals surface area contributed by atoms with Gasteiger partial charge in [0.15, 0.2) is 5.76 Å². The Kier molecular flexibility index (Phi) is 4.24. The third-order valence-corrected chi connectivity index (χ3v) is 4.74. The number of nitrogens with zero attached hydrogens (tertiary/aromatic N) is 3. The Labute approximate surface area is 146 Å². The topological polar surface area (TPSA) is 49.6 Å². The largest absolute Gasteiger partial charge is 0.360 e.